The minimum Gasteiger partial charge on any atom is -0.255 e. The van der Waals surface area contributed by atoms with Crippen molar-refractivity contribution >= 4 is 0 Å². The van der Waals surface area contributed by atoms with Gasteiger partial charge in [0.15, 0.2) is 0 Å². The largest absolute Gasteiger partial charge is 1.00 e. The van der Waals surface area contributed by atoms with Gasteiger partial charge in [0.05, 0.1) is 0 Å². The minimum atomic E-state index is 0. The van der Waals surface area contributed by atoms with Gasteiger partial charge < -0.3 is 0 Å². The van der Waals surface area contributed by atoms with E-state index in [1.807, 2.05) is 13.8 Å². The minimum absolute atomic E-state index is 0. The quantitative estimate of drug-likeness (QED) is 0.337. The van der Waals surface area contributed by atoms with Crippen LogP contribution < -0.4 is 0 Å². The van der Waals surface area contributed by atoms with Crippen LogP contribution in [0.25, 0.3) is 0 Å². The molecule has 0 bridgehead atoms. The van der Waals surface area contributed by atoms with Gasteiger partial charge in [0.2, 0.25) is 0 Å². The van der Waals surface area contributed by atoms with Gasteiger partial charge in [-0.3, -0.25) is 10.5 Å². The Morgan fingerprint density at radius 3 is 1.00 bits per heavy atom. The number of hydrogen-bond acceptors (Lipinski definition) is 2. The molecule has 0 amide bonds. The summed E-state index contributed by atoms with van der Waals surface area (Å²) in [4.78, 5) is 0. The van der Waals surface area contributed by atoms with Crippen LogP contribution >= 0.6 is 0 Å². The van der Waals surface area contributed by atoms with Crippen LogP contribution in [-0.2, 0) is 43.4 Å². The topological polar surface area (TPSA) is 40.5 Å². The molecule has 2 N–H and O–H groups in total. The average Bonchev–Trinajstić information content (AvgIpc) is 1.50. The van der Waals surface area contributed by atoms with Crippen LogP contribution in [0.15, 0.2) is 0 Å². The Morgan fingerprint density at radius 1 is 1.00 bits per heavy atom. The second-order valence-electron chi connectivity index (χ2n) is 0. The van der Waals surface area contributed by atoms with Gasteiger partial charge in [-0.1, -0.05) is 21.3 Å². The Kier molecular flexibility index (Phi) is 935. The number of hydrogen-bond donors (Lipinski definition) is 2. The van der Waals surface area contributed by atoms with E-state index < -0.39 is 0 Å². The molecule has 0 aliphatic rings. The van der Waals surface area contributed by atoms with Crippen LogP contribution in [0, 0.1) is 0 Å². The van der Waals surface area contributed by atoms with E-state index in [9.17, 15) is 0 Å². The Bertz CT molecular complexity index is 17.8. The van der Waals surface area contributed by atoms with Crippen LogP contribution in [-0.4, -0.2) is 10.5 Å². The molecule has 0 aromatic rings. The van der Waals surface area contributed by atoms with E-state index in [0.29, 0.717) is 0 Å². The van der Waals surface area contributed by atoms with Crippen molar-refractivity contribution in [2.45, 2.75) is 21.3 Å². The molecular weight excluding hydrogens is 164 g/mol. The standard InChI is InChI=1S/C2H6.CH4.H2O2.2Ti/c1-2;;1-2;;/h1-2H3;1H4;1-2H;;/p+2. The molecule has 0 saturated carbocycles. The molecular formula is C3H14O2Ti2+2. The van der Waals surface area contributed by atoms with Crippen molar-refractivity contribution in [1.29, 1.82) is 0 Å². The summed E-state index contributed by atoms with van der Waals surface area (Å²) in [5.41, 5.74) is 0. The second-order valence-corrected chi connectivity index (χ2v) is 0. The van der Waals surface area contributed by atoms with Crippen molar-refractivity contribution in [3.63, 3.8) is 0 Å². The predicted octanol–water partition coefficient (Wildman–Crippen LogP) is 1.90. The normalized spacial score (nSPS) is 1.71. The predicted molar refractivity (Wildman–Crippen MR) is 25.6 cm³/mol. The molecule has 44 valence electrons. The molecule has 0 aromatic carbocycles. The van der Waals surface area contributed by atoms with Crippen molar-refractivity contribution in [3.8, 4) is 0 Å². The van der Waals surface area contributed by atoms with Crippen molar-refractivity contribution < 1.29 is 56.8 Å². The van der Waals surface area contributed by atoms with E-state index in [4.69, 9.17) is 10.5 Å². The van der Waals surface area contributed by atoms with E-state index in [-0.39, 0.29) is 53.7 Å². The fourth-order valence-electron chi connectivity index (χ4n) is 0. The van der Waals surface area contributed by atoms with Crippen LogP contribution in [0.3, 0.4) is 0 Å². The number of rotatable bonds is 0. The first-order valence-electron chi connectivity index (χ1n) is 1.20. The Labute approximate surface area is 78.0 Å². The molecule has 0 aliphatic carbocycles. The first kappa shape index (κ1) is 40.2. The molecule has 2 nitrogen and oxygen atoms in total. The Balaban J connectivity index is -0.00000000114. The molecule has 0 atom stereocenters. The Hall–Kier alpha value is 1.35. The molecule has 0 heterocycles. The summed E-state index contributed by atoms with van der Waals surface area (Å²) < 4.78 is 0. The molecule has 7 heavy (non-hydrogen) atoms. The summed E-state index contributed by atoms with van der Waals surface area (Å²) in [5.74, 6) is 0. The fourth-order valence-corrected chi connectivity index (χ4v) is 0. The van der Waals surface area contributed by atoms with Gasteiger partial charge in [0.25, 0.3) is 0 Å². The molecule has 4 heteroatoms. The van der Waals surface area contributed by atoms with Crippen molar-refractivity contribution in [3.05, 3.63) is 0 Å². The third kappa shape index (κ3) is 116. The van der Waals surface area contributed by atoms with Crippen molar-refractivity contribution in [2.75, 3.05) is 0 Å². The maximum Gasteiger partial charge on any atom is 1.00 e. The van der Waals surface area contributed by atoms with E-state index in [1.165, 1.54) is 0 Å². The molecule has 0 unspecified atom stereocenters. The SMILES string of the molecule is C.CC.OO.[H+].[H+].[Ti].[Ti]. The third-order valence-electron chi connectivity index (χ3n) is 0. The molecule has 0 radical (unpaired) electrons. The van der Waals surface area contributed by atoms with E-state index in [1.54, 1.807) is 0 Å². The molecule has 0 saturated heterocycles. The summed E-state index contributed by atoms with van der Waals surface area (Å²) in [6, 6.07) is 0. The maximum absolute atomic E-state index is 6.00. The zero-order chi connectivity index (χ0) is 4.00. The summed E-state index contributed by atoms with van der Waals surface area (Å²) in [6.45, 7) is 4.00. The molecule has 0 aromatic heterocycles. The molecule has 0 rings (SSSR count). The van der Waals surface area contributed by atoms with Gasteiger partial charge in [-0.05, 0) is 0 Å². The van der Waals surface area contributed by atoms with Crippen LogP contribution in [0.4, 0.5) is 0 Å². The molecule has 0 fully saturated rings. The van der Waals surface area contributed by atoms with Crippen LogP contribution in [0.1, 0.15) is 24.1 Å². The average molecular weight is 178 g/mol. The summed E-state index contributed by atoms with van der Waals surface area (Å²) >= 11 is 0. The van der Waals surface area contributed by atoms with Gasteiger partial charge in [0, 0.05) is 43.4 Å². The summed E-state index contributed by atoms with van der Waals surface area (Å²) in [6.07, 6.45) is 0. The smallest absolute Gasteiger partial charge is 0.255 e. The van der Waals surface area contributed by atoms with Gasteiger partial charge in [-0.15, -0.1) is 0 Å². The van der Waals surface area contributed by atoms with Gasteiger partial charge in [-0.2, -0.15) is 0 Å². The van der Waals surface area contributed by atoms with Gasteiger partial charge in [0.1, 0.15) is 0 Å². The fraction of sp³-hybridized carbons (Fsp3) is 1.00. The zero-order valence-corrected chi connectivity index (χ0v) is 7.02. The van der Waals surface area contributed by atoms with E-state index in [0.717, 1.165) is 0 Å². The van der Waals surface area contributed by atoms with Crippen molar-refractivity contribution in [2.24, 2.45) is 0 Å². The van der Waals surface area contributed by atoms with Gasteiger partial charge >= 0.3 is 2.85 Å². The first-order valence-corrected chi connectivity index (χ1v) is 1.20. The summed E-state index contributed by atoms with van der Waals surface area (Å²) in [5, 5.41) is 12.0. The van der Waals surface area contributed by atoms with Crippen molar-refractivity contribution in [1.82, 2.24) is 0 Å². The van der Waals surface area contributed by atoms with Crippen LogP contribution in [0.2, 0.25) is 0 Å². The molecule has 0 aliphatic heterocycles. The Morgan fingerprint density at radius 2 is 1.00 bits per heavy atom. The second kappa shape index (κ2) is 163. The molecule has 0 spiro atoms. The van der Waals surface area contributed by atoms with E-state index >= 15 is 0 Å². The van der Waals surface area contributed by atoms with E-state index in [2.05, 4.69) is 0 Å². The maximum atomic E-state index is 6.00. The van der Waals surface area contributed by atoms with Crippen LogP contribution in [0.5, 0.6) is 0 Å². The zero-order valence-electron chi connectivity index (χ0n) is 5.89. The third-order valence-corrected chi connectivity index (χ3v) is 0. The first-order chi connectivity index (χ1) is 2.00. The summed E-state index contributed by atoms with van der Waals surface area (Å²) in [7, 11) is 0. The monoisotopic (exact) mass is 178 g/mol. The van der Waals surface area contributed by atoms with Gasteiger partial charge in [-0.25, -0.2) is 0 Å².